The normalized spacial score (nSPS) is 11.2. The summed E-state index contributed by atoms with van der Waals surface area (Å²) >= 11 is 0. The van der Waals surface area contributed by atoms with Gasteiger partial charge in [-0.2, -0.15) is 5.10 Å². The molecule has 0 unspecified atom stereocenters. The van der Waals surface area contributed by atoms with Gasteiger partial charge >= 0.3 is 0 Å². The van der Waals surface area contributed by atoms with Crippen molar-refractivity contribution < 1.29 is 8.78 Å². The molecule has 0 spiro atoms. The molecule has 0 aliphatic heterocycles. The Balaban J connectivity index is 2.10. The van der Waals surface area contributed by atoms with Crippen molar-refractivity contribution >= 4 is 11.0 Å². The van der Waals surface area contributed by atoms with Gasteiger partial charge in [0.2, 0.25) is 0 Å². The van der Waals surface area contributed by atoms with Crippen LogP contribution in [0, 0.1) is 11.6 Å². The number of rotatable bonds is 3. The fourth-order valence-corrected chi connectivity index (χ4v) is 2.15. The molecular weight excluding hydrogens is 262 g/mol. The molecule has 0 aliphatic rings. The molecule has 4 nitrogen and oxygen atoms in total. The van der Waals surface area contributed by atoms with Crippen LogP contribution >= 0.6 is 0 Å². The smallest absolute Gasteiger partial charge is 0.158 e. The molecule has 3 heterocycles. The highest BCUT2D eigenvalue weighted by Gasteiger charge is 2.13. The molecule has 0 N–H and O–H groups in total. The Morgan fingerprint density at radius 3 is 2.80 bits per heavy atom. The highest BCUT2D eigenvalue weighted by atomic mass is 19.1. The minimum absolute atomic E-state index is 0.168. The molecule has 0 aromatic carbocycles. The highest BCUT2D eigenvalue weighted by Crippen LogP contribution is 2.19. The minimum Gasteiger partial charge on any atom is -0.256 e. The van der Waals surface area contributed by atoms with Gasteiger partial charge in [0.1, 0.15) is 11.6 Å². The van der Waals surface area contributed by atoms with E-state index in [1.54, 1.807) is 4.68 Å². The van der Waals surface area contributed by atoms with E-state index in [-0.39, 0.29) is 12.2 Å². The van der Waals surface area contributed by atoms with Crippen molar-refractivity contribution in [1.29, 1.82) is 0 Å². The molecule has 0 saturated heterocycles. The molecule has 0 bridgehead atoms. The Labute approximate surface area is 114 Å². The Bertz CT molecular complexity index is 767. The number of aromatic nitrogens is 4. The van der Waals surface area contributed by atoms with E-state index in [4.69, 9.17) is 0 Å². The SMILES string of the molecule is CCc1nn(Cc2ncccc2F)c2ncc(F)cc12. The van der Waals surface area contributed by atoms with E-state index in [0.717, 1.165) is 11.9 Å². The minimum atomic E-state index is -0.407. The summed E-state index contributed by atoms with van der Waals surface area (Å²) in [7, 11) is 0. The predicted molar refractivity (Wildman–Crippen MR) is 70.2 cm³/mol. The van der Waals surface area contributed by atoms with Crippen LogP contribution in [0.4, 0.5) is 8.78 Å². The molecular formula is C14H12F2N4. The van der Waals surface area contributed by atoms with E-state index < -0.39 is 11.6 Å². The largest absolute Gasteiger partial charge is 0.256 e. The van der Waals surface area contributed by atoms with Gasteiger partial charge in [-0.05, 0) is 24.6 Å². The summed E-state index contributed by atoms with van der Waals surface area (Å²) in [6.07, 6.45) is 3.31. The molecule has 6 heteroatoms. The summed E-state index contributed by atoms with van der Waals surface area (Å²) in [6, 6.07) is 4.28. The Morgan fingerprint density at radius 2 is 2.05 bits per heavy atom. The number of hydrogen-bond acceptors (Lipinski definition) is 3. The summed E-state index contributed by atoms with van der Waals surface area (Å²) in [6.45, 7) is 2.10. The first-order valence-electron chi connectivity index (χ1n) is 6.29. The summed E-state index contributed by atoms with van der Waals surface area (Å²) in [5, 5.41) is 5.02. The van der Waals surface area contributed by atoms with Crippen LogP contribution in [0.15, 0.2) is 30.6 Å². The molecule has 3 rings (SSSR count). The van der Waals surface area contributed by atoms with E-state index in [1.807, 2.05) is 6.92 Å². The van der Waals surface area contributed by atoms with Crippen molar-refractivity contribution in [3.8, 4) is 0 Å². The van der Waals surface area contributed by atoms with Crippen molar-refractivity contribution in [3.05, 3.63) is 53.6 Å². The lowest BCUT2D eigenvalue weighted by atomic mass is 10.2. The van der Waals surface area contributed by atoms with E-state index >= 15 is 0 Å². The maximum atomic E-state index is 13.6. The number of aryl methyl sites for hydroxylation is 1. The molecule has 102 valence electrons. The maximum absolute atomic E-state index is 13.6. The second-order valence-electron chi connectivity index (χ2n) is 4.41. The van der Waals surface area contributed by atoms with Crippen LogP contribution in [-0.2, 0) is 13.0 Å². The molecule has 3 aromatic rings. The zero-order valence-corrected chi connectivity index (χ0v) is 10.8. The van der Waals surface area contributed by atoms with Crippen LogP contribution in [0.25, 0.3) is 11.0 Å². The third-order valence-electron chi connectivity index (χ3n) is 3.10. The average molecular weight is 274 g/mol. The number of fused-ring (bicyclic) bond motifs is 1. The zero-order valence-electron chi connectivity index (χ0n) is 10.8. The van der Waals surface area contributed by atoms with E-state index in [2.05, 4.69) is 15.1 Å². The number of hydrogen-bond donors (Lipinski definition) is 0. The highest BCUT2D eigenvalue weighted by molar-refractivity contribution is 5.78. The van der Waals surface area contributed by atoms with Gasteiger partial charge in [0.05, 0.1) is 24.1 Å². The quantitative estimate of drug-likeness (QED) is 0.737. The summed E-state index contributed by atoms with van der Waals surface area (Å²) in [4.78, 5) is 8.05. The standard InChI is InChI=1S/C14H12F2N4/c1-2-12-10-6-9(15)7-18-14(10)20(19-12)8-13-11(16)4-3-5-17-13/h3-7H,2,8H2,1H3. The van der Waals surface area contributed by atoms with Gasteiger partial charge < -0.3 is 0 Å². The molecule has 0 fully saturated rings. The number of nitrogens with zero attached hydrogens (tertiary/aromatic N) is 4. The van der Waals surface area contributed by atoms with Gasteiger partial charge in [-0.3, -0.25) is 4.98 Å². The van der Waals surface area contributed by atoms with Gasteiger partial charge in [-0.25, -0.2) is 18.4 Å². The van der Waals surface area contributed by atoms with Gasteiger partial charge in [0.25, 0.3) is 0 Å². The van der Waals surface area contributed by atoms with Gasteiger partial charge in [-0.15, -0.1) is 0 Å². The summed E-state index contributed by atoms with van der Waals surface area (Å²) in [5.74, 6) is -0.799. The molecule has 0 atom stereocenters. The second kappa shape index (κ2) is 4.96. The van der Waals surface area contributed by atoms with Crippen LogP contribution < -0.4 is 0 Å². The lowest BCUT2D eigenvalue weighted by Gasteiger charge is -2.03. The lowest BCUT2D eigenvalue weighted by molar-refractivity contribution is 0.572. The summed E-state index contributed by atoms with van der Waals surface area (Å²) in [5.41, 5.74) is 1.56. The van der Waals surface area contributed by atoms with E-state index in [0.29, 0.717) is 17.5 Å². The Morgan fingerprint density at radius 1 is 1.20 bits per heavy atom. The number of pyridine rings is 2. The predicted octanol–water partition coefficient (Wildman–Crippen LogP) is 2.72. The van der Waals surface area contributed by atoms with Crippen molar-refractivity contribution in [2.45, 2.75) is 19.9 Å². The monoisotopic (exact) mass is 274 g/mol. The number of halogens is 2. The van der Waals surface area contributed by atoms with Crippen LogP contribution in [0.2, 0.25) is 0 Å². The van der Waals surface area contributed by atoms with Crippen molar-refractivity contribution in [1.82, 2.24) is 19.7 Å². The van der Waals surface area contributed by atoms with Crippen LogP contribution in [-0.4, -0.2) is 19.7 Å². The fourth-order valence-electron chi connectivity index (χ4n) is 2.15. The lowest BCUT2D eigenvalue weighted by Crippen LogP contribution is -2.06. The average Bonchev–Trinajstić information content (AvgIpc) is 2.78. The molecule has 0 amide bonds. The zero-order chi connectivity index (χ0) is 14.1. The van der Waals surface area contributed by atoms with Gasteiger partial charge in [0.15, 0.2) is 5.65 Å². The van der Waals surface area contributed by atoms with Crippen LogP contribution in [0.1, 0.15) is 18.3 Å². The molecule has 0 aliphatic carbocycles. The third kappa shape index (κ3) is 2.13. The van der Waals surface area contributed by atoms with Gasteiger partial charge in [-0.1, -0.05) is 6.92 Å². The van der Waals surface area contributed by atoms with Crippen LogP contribution in [0.3, 0.4) is 0 Å². The van der Waals surface area contributed by atoms with Crippen molar-refractivity contribution in [2.75, 3.05) is 0 Å². The first-order valence-corrected chi connectivity index (χ1v) is 6.29. The first-order chi connectivity index (χ1) is 9.69. The molecule has 3 aromatic heterocycles. The first kappa shape index (κ1) is 12.7. The Kier molecular flexibility index (Phi) is 3.14. The molecule has 0 radical (unpaired) electrons. The van der Waals surface area contributed by atoms with Crippen molar-refractivity contribution in [2.24, 2.45) is 0 Å². The van der Waals surface area contributed by atoms with E-state index in [1.165, 1.54) is 24.4 Å². The van der Waals surface area contributed by atoms with Gasteiger partial charge in [0, 0.05) is 11.6 Å². The van der Waals surface area contributed by atoms with Crippen LogP contribution in [0.5, 0.6) is 0 Å². The maximum Gasteiger partial charge on any atom is 0.158 e. The topological polar surface area (TPSA) is 43.6 Å². The second-order valence-corrected chi connectivity index (χ2v) is 4.41. The molecule has 20 heavy (non-hydrogen) atoms. The van der Waals surface area contributed by atoms with Crippen molar-refractivity contribution in [3.63, 3.8) is 0 Å². The fraction of sp³-hybridized carbons (Fsp3) is 0.214. The third-order valence-corrected chi connectivity index (χ3v) is 3.10. The molecule has 0 saturated carbocycles. The van der Waals surface area contributed by atoms with E-state index in [9.17, 15) is 8.78 Å². The Hall–Kier alpha value is -2.37. The summed E-state index contributed by atoms with van der Waals surface area (Å²) < 4.78 is 28.5.